The molecule has 0 saturated carbocycles. The fraction of sp³-hybridized carbons (Fsp3) is 0.300. The first-order chi connectivity index (χ1) is 11.5. The molecule has 4 heteroatoms. The van der Waals surface area contributed by atoms with Crippen LogP contribution in [0.3, 0.4) is 0 Å². The van der Waals surface area contributed by atoms with E-state index in [2.05, 4.69) is 0 Å². The summed E-state index contributed by atoms with van der Waals surface area (Å²) in [5.74, 6) is -0.595. The van der Waals surface area contributed by atoms with E-state index in [-0.39, 0.29) is 11.8 Å². The summed E-state index contributed by atoms with van der Waals surface area (Å²) in [6, 6.07) is 14.6. The van der Waals surface area contributed by atoms with Crippen molar-refractivity contribution in [3.63, 3.8) is 0 Å². The Bertz CT molecular complexity index is 678. The number of aryl methyl sites for hydroxylation is 2. The van der Waals surface area contributed by atoms with Crippen LogP contribution in [-0.2, 0) is 0 Å². The number of hydrazine groups is 1. The van der Waals surface area contributed by atoms with E-state index in [1.165, 1.54) is 5.01 Å². The van der Waals surface area contributed by atoms with Gasteiger partial charge in [0.15, 0.2) is 0 Å². The molecule has 0 bridgehead atoms. The van der Waals surface area contributed by atoms with Gasteiger partial charge in [-0.1, -0.05) is 49.2 Å². The van der Waals surface area contributed by atoms with Gasteiger partial charge in [0.2, 0.25) is 0 Å². The summed E-state index contributed by atoms with van der Waals surface area (Å²) in [7, 11) is 0. The molecule has 2 rings (SSSR count). The molecule has 0 aliphatic carbocycles. The fourth-order valence-corrected chi connectivity index (χ4v) is 2.66. The van der Waals surface area contributed by atoms with Gasteiger partial charge >= 0.3 is 0 Å². The van der Waals surface area contributed by atoms with Gasteiger partial charge in [0.1, 0.15) is 0 Å². The van der Waals surface area contributed by atoms with Crippen LogP contribution < -0.4 is 0 Å². The molecule has 126 valence electrons. The molecule has 0 unspecified atom stereocenters. The molecule has 4 nitrogen and oxygen atoms in total. The molecule has 0 atom stereocenters. The average Bonchev–Trinajstić information content (AvgIpc) is 2.58. The lowest BCUT2D eigenvalue weighted by Crippen LogP contribution is -2.50. The van der Waals surface area contributed by atoms with E-state index in [4.69, 9.17) is 0 Å². The van der Waals surface area contributed by atoms with Crippen molar-refractivity contribution in [2.45, 2.75) is 27.7 Å². The lowest BCUT2D eigenvalue weighted by Gasteiger charge is -2.31. The molecule has 0 N–H and O–H groups in total. The number of hydrogen-bond acceptors (Lipinski definition) is 3. The van der Waals surface area contributed by atoms with Gasteiger partial charge in [0, 0.05) is 24.2 Å². The van der Waals surface area contributed by atoms with Gasteiger partial charge in [-0.3, -0.25) is 9.59 Å². The quantitative estimate of drug-likeness (QED) is 0.620. The van der Waals surface area contributed by atoms with E-state index in [9.17, 15) is 9.59 Å². The number of nitrogens with zero attached hydrogens (tertiary/aromatic N) is 2. The van der Waals surface area contributed by atoms with Crippen molar-refractivity contribution in [1.82, 2.24) is 10.0 Å². The van der Waals surface area contributed by atoms with Crippen molar-refractivity contribution in [3.05, 3.63) is 70.8 Å². The molecular weight excluding hydrogens is 300 g/mol. The first-order valence-corrected chi connectivity index (χ1v) is 8.24. The first kappa shape index (κ1) is 17.9. The number of carbonyl (C=O) groups is 2. The second-order valence-corrected chi connectivity index (χ2v) is 5.80. The molecule has 2 aromatic rings. The first-order valence-electron chi connectivity index (χ1n) is 8.24. The summed E-state index contributed by atoms with van der Waals surface area (Å²) in [4.78, 5) is 26.0. The van der Waals surface area contributed by atoms with Gasteiger partial charge in [-0.15, -0.1) is 0 Å². The number of imide groups is 1. The molecule has 0 aliphatic heterocycles. The van der Waals surface area contributed by atoms with Crippen LogP contribution in [0, 0.1) is 13.8 Å². The highest BCUT2D eigenvalue weighted by Gasteiger charge is 2.28. The van der Waals surface area contributed by atoms with E-state index in [0.29, 0.717) is 24.2 Å². The minimum absolute atomic E-state index is 0.297. The molecule has 0 spiro atoms. The Hall–Kier alpha value is -2.46. The summed E-state index contributed by atoms with van der Waals surface area (Å²) >= 11 is 0. The summed E-state index contributed by atoms with van der Waals surface area (Å²) < 4.78 is 0. The predicted molar refractivity (Wildman–Crippen MR) is 95.8 cm³/mol. The van der Waals surface area contributed by atoms with Crippen LogP contribution in [0.4, 0.5) is 0 Å². The molecular formula is C20H24N2O2. The Balaban J connectivity index is 2.44. The van der Waals surface area contributed by atoms with Crippen molar-refractivity contribution >= 4 is 11.8 Å². The third kappa shape index (κ3) is 3.89. The molecule has 0 heterocycles. The van der Waals surface area contributed by atoms with Gasteiger partial charge in [0.25, 0.3) is 11.8 Å². The maximum Gasteiger partial charge on any atom is 0.275 e. The van der Waals surface area contributed by atoms with Crippen LogP contribution in [0.15, 0.2) is 48.5 Å². The zero-order chi connectivity index (χ0) is 17.7. The van der Waals surface area contributed by atoms with E-state index in [0.717, 1.165) is 11.1 Å². The average molecular weight is 324 g/mol. The number of carbonyl (C=O) groups excluding carboxylic acids is 2. The Morgan fingerprint density at radius 1 is 0.792 bits per heavy atom. The smallest absolute Gasteiger partial charge is 0.267 e. The predicted octanol–water partition coefficient (Wildman–Crippen LogP) is 3.84. The van der Waals surface area contributed by atoms with Crippen LogP contribution in [0.1, 0.15) is 45.7 Å². The van der Waals surface area contributed by atoms with E-state index in [1.807, 2.05) is 64.1 Å². The van der Waals surface area contributed by atoms with Crippen molar-refractivity contribution in [1.29, 1.82) is 0 Å². The van der Waals surface area contributed by atoms with E-state index in [1.54, 1.807) is 17.1 Å². The van der Waals surface area contributed by atoms with Crippen LogP contribution in [-0.4, -0.2) is 34.9 Å². The monoisotopic (exact) mass is 324 g/mol. The van der Waals surface area contributed by atoms with Crippen molar-refractivity contribution in [2.24, 2.45) is 0 Å². The van der Waals surface area contributed by atoms with Gasteiger partial charge < -0.3 is 0 Å². The van der Waals surface area contributed by atoms with Gasteiger partial charge in [-0.05, 0) is 38.1 Å². The van der Waals surface area contributed by atoms with Crippen molar-refractivity contribution < 1.29 is 9.59 Å². The molecule has 0 aromatic heterocycles. The molecule has 0 aliphatic rings. The lowest BCUT2D eigenvalue weighted by molar-refractivity contribution is 0.00178. The minimum Gasteiger partial charge on any atom is -0.267 e. The molecule has 24 heavy (non-hydrogen) atoms. The Morgan fingerprint density at radius 3 is 1.54 bits per heavy atom. The zero-order valence-corrected chi connectivity index (χ0v) is 14.7. The van der Waals surface area contributed by atoms with E-state index < -0.39 is 0 Å². The van der Waals surface area contributed by atoms with Crippen LogP contribution in [0.5, 0.6) is 0 Å². The molecule has 0 saturated heterocycles. The number of amides is 2. The molecule has 0 fully saturated rings. The fourth-order valence-electron chi connectivity index (χ4n) is 2.66. The maximum absolute atomic E-state index is 13.0. The van der Waals surface area contributed by atoms with Crippen molar-refractivity contribution in [2.75, 3.05) is 13.1 Å². The summed E-state index contributed by atoms with van der Waals surface area (Å²) in [5, 5.41) is 3.03. The molecule has 2 aromatic carbocycles. The normalized spacial score (nSPS) is 10.7. The second kappa shape index (κ2) is 7.88. The number of rotatable bonds is 5. The Labute approximate surface area is 143 Å². The third-order valence-corrected chi connectivity index (χ3v) is 3.93. The summed E-state index contributed by atoms with van der Waals surface area (Å²) in [5.41, 5.74) is 3.01. The molecule has 0 radical (unpaired) electrons. The number of hydrogen-bond donors (Lipinski definition) is 0. The standard InChI is InChI=1S/C20H24N2O2/c1-5-21(6-2)22(19(23)17-11-7-9-15(3)13-17)20(24)18-12-8-10-16(4)14-18/h7-14H,5-6H2,1-4H3. The lowest BCUT2D eigenvalue weighted by atomic mass is 10.1. The van der Waals surface area contributed by atoms with Gasteiger partial charge in [0.05, 0.1) is 0 Å². The minimum atomic E-state index is -0.297. The Morgan fingerprint density at radius 2 is 1.21 bits per heavy atom. The highest BCUT2D eigenvalue weighted by atomic mass is 16.2. The van der Waals surface area contributed by atoms with Crippen LogP contribution in [0.2, 0.25) is 0 Å². The topological polar surface area (TPSA) is 40.6 Å². The maximum atomic E-state index is 13.0. The van der Waals surface area contributed by atoms with Gasteiger partial charge in [-0.25, -0.2) is 10.0 Å². The zero-order valence-electron chi connectivity index (χ0n) is 14.7. The number of benzene rings is 2. The van der Waals surface area contributed by atoms with E-state index >= 15 is 0 Å². The van der Waals surface area contributed by atoms with Crippen LogP contribution in [0.25, 0.3) is 0 Å². The SMILES string of the molecule is CCN(CC)N(C(=O)c1cccc(C)c1)C(=O)c1cccc(C)c1. The third-order valence-electron chi connectivity index (χ3n) is 3.93. The largest absolute Gasteiger partial charge is 0.275 e. The summed E-state index contributed by atoms with van der Waals surface area (Å²) in [6.07, 6.45) is 0. The van der Waals surface area contributed by atoms with Gasteiger partial charge in [-0.2, -0.15) is 0 Å². The second-order valence-electron chi connectivity index (χ2n) is 5.80. The van der Waals surface area contributed by atoms with Crippen molar-refractivity contribution in [3.8, 4) is 0 Å². The summed E-state index contributed by atoms with van der Waals surface area (Å²) in [6.45, 7) is 8.88. The molecule has 2 amide bonds. The highest BCUT2D eigenvalue weighted by molar-refractivity contribution is 6.10. The van der Waals surface area contributed by atoms with Crippen LogP contribution >= 0.6 is 0 Å². The highest BCUT2D eigenvalue weighted by Crippen LogP contribution is 2.15. The Kier molecular flexibility index (Phi) is 5.88.